The zero-order valence-corrected chi connectivity index (χ0v) is 11.5. The molecule has 0 saturated heterocycles. The van der Waals surface area contributed by atoms with E-state index in [1.165, 1.54) is 16.9 Å². The Morgan fingerprint density at radius 3 is 2.89 bits per heavy atom. The van der Waals surface area contributed by atoms with Crippen molar-refractivity contribution in [3.05, 3.63) is 29.0 Å². The van der Waals surface area contributed by atoms with Crippen LogP contribution in [0.2, 0.25) is 0 Å². The Bertz CT molecular complexity index is 530. The lowest BCUT2D eigenvalue weighted by Gasteiger charge is -2.02. The van der Waals surface area contributed by atoms with Gasteiger partial charge in [0.05, 0.1) is 5.69 Å². The topological polar surface area (TPSA) is 59.8 Å². The second-order valence-electron chi connectivity index (χ2n) is 4.41. The van der Waals surface area contributed by atoms with Crippen LogP contribution in [0.5, 0.6) is 0 Å². The first kappa shape index (κ1) is 12.8. The lowest BCUT2D eigenvalue weighted by molar-refractivity contribution is -0.116. The SMILES string of the molecule is Cc1nn(CC(=O)Nc2nccs2)cc1C(C)C. The number of hydrogen-bond donors (Lipinski definition) is 1. The Morgan fingerprint density at radius 1 is 1.56 bits per heavy atom. The summed E-state index contributed by atoms with van der Waals surface area (Å²) in [5, 5.41) is 9.52. The van der Waals surface area contributed by atoms with Crippen LogP contribution in [0.15, 0.2) is 17.8 Å². The lowest BCUT2D eigenvalue weighted by Crippen LogP contribution is -2.18. The average Bonchev–Trinajstić information content (AvgIpc) is 2.88. The smallest absolute Gasteiger partial charge is 0.247 e. The van der Waals surface area contributed by atoms with Crippen molar-refractivity contribution in [2.75, 3.05) is 5.32 Å². The molecule has 0 spiro atoms. The largest absolute Gasteiger partial charge is 0.300 e. The number of thiazole rings is 1. The van der Waals surface area contributed by atoms with Crippen molar-refractivity contribution in [3.8, 4) is 0 Å². The highest BCUT2D eigenvalue weighted by atomic mass is 32.1. The van der Waals surface area contributed by atoms with Gasteiger partial charge in [-0.3, -0.25) is 9.48 Å². The quantitative estimate of drug-likeness (QED) is 0.922. The van der Waals surface area contributed by atoms with E-state index in [-0.39, 0.29) is 12.5 Å². The van der Waals surface area contributed by atoms with Gasteiger partial charge < -0.3 is 5.32 Å². The minimum Gasteiger partial charge on any atom is -0.300 e. The molecule has 2 aromatic heterocycles. The Kier molecular flexibility index (Phi) is 3.76. The molecule has 0 aliphatic carbocycles. The number of aromatic nitrogens is 3. The number of carbonyl (C=O) groups excluding carboxylic acids is 1. The Balaban J connectivity index is 2.01. The summed E-state index contributed by atoms with van der Waals surface area (Å²) in [7, 11) is 0. The molecule has 0 fully saturated rings. The zero-order valence-electron chi connectivity index (χ0n) is 10.7. The molecule has 0 aliphatic rings. The van der Waals surface area contributed by atoms with Gasteiger partial charge in [0, 0.05) is 17.8 Å². The molecule has 0 saturated carbocycles. The summed E-state index contributed by atoms with van der Waals surface area (Å²) in [6.07, 6.45) is 3.59. The summed E-state index contributed by atoms with van der Waals surface area (Å²) in [6, 6.07) is 0. The van der Waals surface area contributed by atoms with Gasteiger partial charge in [0.1, 0.15) is 6.54 Å². The Hall–Kier alpha value is -1.69. The molecule has 5 nitrogen and oxygen atoms in total. The van der Waals surface area contributed by atoms with Crippen LogP contribution in [0.25, 0.3) is 0 Å². The number of nitrogens with zero attached hydrogens (tertiary/aromatic N) is 3. The summed E-state index contributed by atoms with van der Waals surface area (Å²) in [6.45, 7) is 6.41. The number of amides is 1. The van der Waals surface area contributed by atoms with Gasteiger partial charge >= 0.3 is 0 Å². The van der Waals surface area contributed by atoms with Crippen molar-refractivity contribution in [2.45, 2.75) is 33.2 Å². The van der Waals surface area contributed by atoms with E-state index in [0.29, 0.717) is 11.0 Å². The van der Waals surface area contributed by atoms with Gasteiger partial charge in [-0.1, -0.05) is 13.8 Å². The average molecular weight is 264 g/mol. The van der Waals surface area contributed by atoms with E-state index in [1.807, 2.05) is 18.5 Å². The van der Waals surface area contributed by atoms with Crippen LogP contribution in [-0.4, -0.2) is 20.7 Å². The van der Waals surface area contributed by atoms with Crippen molar-refractivity contribution in [1.82, 2.24) is 14.8 Å². The van der Waals surface area contributed by atoms with Crippen molar-refractivity contribution in [3.63, 3.8) is 0 Å². The third kappa shape index (κ3) is 2.95. The van der Waals surface area contributed by atoms with Gasteiger partial charge in [0.25, 0.3) is 0 Å². The third-order valence-corrected chi connectivity index (χ3v) is 3.28. The molecule has 2 rings (SSSR count). The molecule has 2 heterocycles. The molecule has 1 amide bonds. The molecule has 6 heteroatoms. The number of hydrogen-bond acceptors (Lipinski definition) is 4. The van der Waals surface area contributed by atoms with Crippen LogP contribution < -0.4 is 5.32 Å². The maximum Gasteiger partial charge on any atom is 0.247 e. The third-order valence-electron chi connectivity index (χ3n) is 2.59. The van der Waals surface area contributed by atoms with Crippen LogP contribution in [-0.2, 0) is 11.3 Å². The van der Waals surface area contributed by atoms with E-state index in [2.05, 4.69) is 29.2 Å². The van der Waals surface area contributed by atoms with Gasteiger partial charge in [-0.15, -0.1) is 11.3 Å². The molecule has 0 aliphatic heterocycles. The number of carbonyl (C=O) groups is 1. The molecule has 0 aromatic carbocycles. The van der Waals surface area contributed by atoms with E-state index in [1.54, 1.807) is 10.9 Å². The van der Waals surface area contributed by atoms with Gasteiger partial charge in [0.2, 0.25) is 5.91 Å². The first-order valence-electron chi connectivity index (χ1n) is 5.79. The standard InChI is InChI=1S/C12H16N4OS/c1-8(2)10-6-16(15-9(10)3)7-11(17)14-12-13-4-5-18-12/h4-6,8H,7H2,1-3H3,(H,13,14,17). The highest BCUT2D eigenvalue weighted by molar-refractivity contribution is 7.13. The van der Waals surface area contributed by atoms with E-state index < -0.39 is 0 Å². The summed E-state index contributed by atoms with van der Waals surface area (Å²) < 4.78 is 1.67. The van der Waals surface area contributed by atoms with E-state index in [0.717, 1.165) is 5.69 Å². The Morgan fingerprint density at radius 2 is 2.33 bits per heavy atom. The molecule has 0 unspecified atom stereocenters. The fourth-order valence-electron chi connectivity index (χ4n) is 1.77. The summed E-state index contributed by atoms with van der Waals surface area (Å²) >= 11 is 1.40. The molecular weight excluding hydrogens is 248 g/mol. The number of nitrogens with one attached hydrogen (secondary N) is 1. The van der Waals surface area contributed by atoms with Crippen LogP contribution >= 0.6 is 11.3 Å². The fourth-order valence-corrected chi connectivity index (χ4v) is 2.32. The van der Waals surface area contributed by atoms with Crippen molar-refractivity contribution in [1.29, 1.82) is 0 Å². The van der Waals surface area contributed by atoms with Gasteiger partial charge in [-0.25, -0.2) is 4.98 Å². The highest BCUT2D eigenvalue weighted by Gasteiger charge is 2.11. The van der Waals surface area contributed by atoms with Gasteiger partial charge in [-0.05, 0) is 18.4 Å². The van der Waals surface area contributed by atoms with Gasteiger partial charge in [-0.2, -0.15) is 5.10 Å². The minimum atomic E-state index is -0.109. The maximum atomic E-state index is 11.8. The summed E-state index contributed by atoms with van der Waals surface area (Å²) in [5.74, 6) is 0.309. The molecule has 0 bridgehead atoms. The summed E-state index contributed by atoms with van der Waals surface area (Å²) in [4.78, 5) is 15.8. The summed E-state index contributed by atoms with van der Waals surface area (Å²) in [5.41, 5.74) is 2.16. The van der Waals surface area contributed by atoms with E-state index in [9.17, 15) is 4.79 Å². The number of aryl methyl sites for hydroxylation is 1. The van der Waals surface area contributed by atoms with E-state index in [4.69, 9.17) is 0 Å². The normalized spacial score (nSPS) is 10.9. The fraction of sp³-hybridized carbons (Fsp3) is 0.417. The predicted molar refractivity (Wildman–Crippen MR) is 71.8 cm³/mol. The number of rotatable bonds is 4. The number of anilines is 1. The van der Waals surface area contributed by atoms with E-state index >= 15 is 0 Å². The van der Waals surface area contributed by atoms with Crippen LogP contribution in [0, 0.1) is 6.92 Å². The van der Waals surface area contributed by atoms with Crippen LogP contribution in [0.3, 0.4) is 0 Å². The molecule has 0 atom stereocenters. The molecule has 1 N–H and O–H groups in total. The second-order valence-corrected chi connectivity index (χ2v) is 5.30. The monoisotopic (exact) mass is 264 g/mol. The van der Waals surface area contributed by atoms with Crippen molar-refractivity contribution >= 4 is 22.4 Å². The molecule has 2 aromatic rings. The predicted octanol–water partition coefficient (Wildman–Crippen LogP) is 2.41. The molecule has 18 heavy (non-hydrogen) atoms. The lowest BCUT2D eigenvalue weighted by atomic mass is 10.1. The first-order chi connectivity index (χ1) is 8.56. The van der Waals surface area contributed by atoms with Crippen molar-refractivity contribution < 1.29 is 4.79 Å². The molecular formula is C12H16N4OS. The highest BCUT2D eigenvalue weighted by Crippen LogP contribution is 2.17. The maximum absolute atomic E-state index is 11.8. The zero-order chi connectivity index (χ0) is 13.1. The van der Waals surface area contributed by atoms with Crippen molar-refractivity contribution in [2.24, 2.45) is 0 Å². The molecule has 96 valence electrons. The minimum absolute atomic E-state index is 0.109. The van der Waals surface area contributed by atoms with Crippen LogP contribution in [0.1, 0.15) is 31.0 Å². The second kappa shape index (κ2) is 5.30. The first-order valence-corrected chi connectivity index (χ1v) is 6.67. The van der Waals surface area contributed by atoms with Gasteiger partial charge in [0.15, 0.2) is 5.13 Å². The molecule has 0 radical (unpaired) electrons. The van der Waals surface area contributed by atoms with Crippen LogP contribution in [0.4, 0.5) is 5.13 Å². The Labute approximate surface area is 110 Å².